The molecule has 0 aliphatic carbocycles. The minimum Gasteiger partial charge on any atom is -0.466 e. The maximum Gasteiger partial charge on any atom is 0.437 e. The number of ether oxygens (including phenoxy) is 2. The van der Waals surface area contributed by atoms with Crippen molar-refractivity contribution < 1.29 is 19.1 Å². The molecule has 0 N–H and O–H groups in total. The number of nitrogens with zero attached hydrogens (tertiary/aromatic N) is 3. The smallest absolute Gasteiger partial charge is 0.437 e. The number of methoxy groups -OCH3 is 1. The van der Waals surface area contributed by atoms with Crippen LogP contribution in [0.15, 0.2) is 35.4 Å². The second-order valence-electron chi connectivity index (χ2n) is 3.37. The average molecular weight is 251 g/mol. The van der Waals surface area contributed by atoms with Gasteiger partial charge < -0.3 is 9.47 Å². The Morgan fingerprint density at radius 1 is 1.28 bits per heavy atom. The highest BCUT2D eigenvalue weighted by atomic mass is 16.7. The number of hydrogen-bond donors (Lipinski definition) is 0. The lowest BCUT2D eigenvalue weighted by molar-refractivity contribution is -0.0894. The van der Waals surface area contributed by atoms with Crippen molar-refractivity contribution in [2.75, 3.05) is 20.9 Å². The van der Waals surface area contributed by atoms with E-state index in [0.29, 0.717) is 5.75 Å². The third-order valence-electron chi connectivity index (χ3n) is 2.24. The molecule has 2 rings (SSSR count). The van der Waals surface area contributed by atoms with Crippen molar-refractivity contribution in [1.82, 2.24) is 10.1 Å². The zero-order chi connectivity index (χ0) is 13.0. The van der Waals surface area contributed by atoms with Gasteiger partial charge in [-0.1, -0.05) is 18.2 Å². The summed E-state index contributed by atoms with van der Waals surface area (Å²) in [6.07, 6.45) is -0.602. The molecule has 0 unspecified atom stereocenters. The van der Waals surface area contributed by atoms with E-state index < -0.39 is 6.09 Å². The van der Waals surface area contributed by atoms with E-state index in [9.17, 15) is 4.79 Å². The molecule has 0 aromatic heterocycles. The summed E-state index contributed by atoms with van der Waals surface area (Å²) in [7, 11) is 2.90. The summed E-state index contributed by atoms with van der Waals surface area (Å²) in [6.45, 7) is 0.116. The van der Waals surface area contributed by atoms with Crippen molar-refractivity contribution in [3.05, 3.63) is 30.3 Å². The van der Waals surface area contributed by atoms with Gasteiger partial charge in [0.25, 0.3) is 0 Å². The summed E-state index contributed by atoms with van der Waals surface area (Å²) in [6, 6.07) is 8.95. The molecular weight excluding hydrogens is 238 g/mol. The van der Waals surface area contributed by atoms with E-state index in [1.54, 1.807) is 24.3 Å². The number of hydroxylamine groups is 2. The van der Waals surface area contributed by atoms with Gasteiger partial charge in [-0.05, 0) is 12.1 Å². The zero-order valence-electron chi connectivity index (χ0n) is 10.1. The molecule has 0 spiro atoms. The van der Waals surface area contributed by atoms with Gasteiger partial charge in [-0.2, -0.15) is 10.1 Å². The fourth-order valence-corrected chi connectivity index (χ4v) is 1.39. The van der Waals surface area contributed by atoms with Crippen molar-refractivity contribution >= 4 is 12.1 Å². The van der Waals surface area contributed by atoms with Crippen LogP contribution in [0.3, 0.4) is 0 Å². The van der Waals surface area contributed by atoms with Crippen molar-refractivity contribution in [3.8, 4) is 5.75 Å². The molecule has 0 radical (unpaired) electrons. The first-order chi connectivity index (χ1) is 8.74. The predicted molar refractivity (Wildman–Crippen MR) is 62.5 cm³/mol. The van der Waals surface area contributed by atoms with Gasteiger partial charge in [0.1, 0.15) is 12.4 Å². The highest BCUT2D eigenvalue weighted by Crippen LogP contribution is 2.14. The van der Waals surface area contributed by atoms with Gasteiger partial charge in [-0.25, -0.2) is 4.79 Å². The first kappa shape index (κ1) is 12.2. The first-order valence-corrected chi connectivity index (χ1v) is 5.23. The SMILES string of the molecule is COC1=NN(C(=O)Oc2ccccc2)CN1OC. The second kappa shape index (κ2) is 5.37. The Kier molecular flexibility index (Phi) is 3.63. The van der Waals surface area contributed by atoms with Crippen LogP contribution in [0, 0.1) is 0 Å². The van der Waals surface area contributed by atoms with Crippen LogP contribution in [0.2, 0.25) is 0 Å². The van der Waals surface area contributed by atoms with E-state index in [-0.39, 0.29) is 12.7 Å². The minimum atomic E-state index is -0.602. The molecule has 0 saturated heterocycles. The Labute approximate surface area is 104 Å². The molecule has 96 valence electrons. The number of amides is 1. The normalized spacial score (nSPS) is 14.4. The van der Waals surface area contributed by atoms with Crippen molar-refractivity contribution in [3.63, 3.8) is 0 Å². The molecule has 7 heteroatoms. The molecule has 1 amide bonds. The summed E-state index contributed by atoms with van der Waals surface area (Å²) in [5.74, 6) is 0.451. The molecule has 0 saturated carbocycles. The lowest BCUT2D eigenvalue weighted by Gasteiger charge is -2.15. The summed E-state index contributed by atoms with van der Waals surface area (Å²) < 4.78 is 10.1. The molecule has 7 nitrogen and oxygen atoms in total. The van der Waals surface area contributed by atoms with Gasteiger partial charge in [0.2, 0.25) is 0 Å². The summed E-state index contributed by atoms with van der Waals surface area (Å²) in [5, 5.41) is 6.34. The molecule has 0 fully saturated rings. The van der Waals surface area contributed by atoms with Crippen molar-refractivity contribution in [2.24, 2.45) is 5.10 Å². The van der Waals surface area contributed by atoms with Crippen LogP contribution in [0.1, 0.15) is 0 Å². The zero-order valence-corrected chi connectivity index (χ0v) is 10.1. The number of benzene rings is 1. The monoisotopic (exact) mass is 251 g/mol. The van der Waals surface area contributed by atoms with Gasteiger partial charge in [0.15, 0.2) is 0 Å². The quantitative estimate of drug-likeness (QED) is 0.791. The molecule has 0 atom stereocenters. The van der Waals surface area contributed by atoms with Gasteiger partial charge in [0.05, 0.1) is 14.2 Å². The fourth-order valence-electron chi connectivity index (χ4n) is 1.39. The minimum absolute atomic E-state index is 0.116. The Hall–Kier alpha value is -2.28. The topological polar surface area (TPSA) is 63.6 Å². The number of hydrogen-bond acceptors (Lipinski definition) is 6. The first-order valence-electron chi connectivity index (χ1n) is 5.23. The molecule has 1 aromatic rings. The van der Waals surface area contributed by atoms with Crippen LogP contribution >= 0.6 is 0 Å². The van der Waals surface area contributed by atoms with Crippen LogP contribution in [-0.4, -0.2) is 43.1 Å². The van der Waals surface area contributed by atoms with Crippen LogP contribution < -0.4 is 4.74 Å². The van der Waals surface area contributed by atoms with E-state index in [1.807, 2.05) is 6.07 Å². The van der Waals surface area contributed by atoms with E-state index in [2.05, 4.69) is 5.10 Å². The third-order valence-corrected chi connectivity index (χ3v) is 2.24. The van der Waals surface area contributed by atoms with E-state index in [4.69, 9.17) is 14.3 Å². The molecule has 1 aliphatic heterocycles. The second-order valence-corrected chi connectivity index (χ2v) is 3.37. The predicted octanol–water partition coefficient (Wildman–Crippen LogP) is 1.24. The Morgan fingerprint density at radius 3 is 2.56 bits per heavy atom. The Bertz CT molecular complexity index is 449. The lowest BCUT2D eigenvalue weighted by atomic mass is 10.3. The highest BCUT2D eigenvalue weighted by Gasteiger charge is 2.29. The van der Waals surface area contributed by atoms with Gasteiger partial charge in [0, 0.05) is 0 Å². The maximum atomic E-state index is 11.8. The molecule has 0 bridgehead atoms. The van der Waals surface area contributed by atoms with E-state index in [1.165, 1.54) is 19.3 Å². The van der Waals surface area contributed by atoms with Gasteiger partial charge >= 0.3 is 12.1 Å². The lowest BCUT2D eigenvalue weighted by Crippen LogP contribution is -2.34. The molecule has 1 aliphatic rings. The van der Waals surface area contributed by atoms with E-state index >= 15 is 0 Å². The fraction of sp³-hybridized carbons (Fsp3) is 0.273. The van der Waals surface area contributed by atoms with Gasteiger partial charge in [-0.15, -0.1) is 5.10 Å². The maximum absolute atomic E-state index is 11.8. The summed E-state index contributed by atoms with van der Waals surface area (Å²) >= 11 is 0. The molecular formula is C11H13N3O4. The number of carbonyl (C=O) groups excluding carboxylic acids is 1. The number of carbonyl (C=O) groups is 1. The molecule has 18 heavy (non-hydrogen) atoms. The summed E-state index contributed by atoms with van der Waals surface area (Å²) in [5.41, 5.74) is 0. The standard InChI is InChI=1S/C11H13N3O4/c1-16-10-12-13(8-14(10)17-2)11(15)18-9-6-4-3-5-7-9/h3-7H,8H2,1-2H3. The van der Waals surface area contributed by atoms with Crippen LogP contribution in [0.25, 0.3) is 0 Å². The third kappa shape index (κ3) is 2.51. The molecule has 1 heterocycles. The van der Waals surface area contributed by atoms with Crippen LogP contribution in [0.4, 0.5) is 4.79 Å². The number of para-hydroxylation sites is 1. The van der Waals surface area contributed by atoms with Crippen LogP contribution in [0.5, 0.6) is 5.75 Å². The van der Waals surface area contributed by atoms with Crippen molar-refractivity contribution in [1.29, 1.82) is 0 Å². The number of hydrazone groups is 1. The average Bonchev–Trinajstić information content (AvgIpc) is 2.83. The van der Waals surface area contributed by atoms with Crippen molar-refractivity contribution in [2.45, 2.75) is 0 Å². The number of rotatable bonds is 2. The Balaban J connectivity index is 2.01. The Morgan fingerprint density at radius 2 is 2.00 bits per heavy atom. The number of amidine groups is 1. The van der Waals surface area contributed by atoms with Gasteiger partial charge in [-0.3, -0.25) is 4.84 Å². The highest BCUT2D eigenvalue weighted by molar-refractivity contribution is 5.79. The van der Waals surface area contributed by atoms with E-state index in [0.717, 1.165) is 5.01 Å². The summed E-state index contributed by atoms with van der Waals surface area (Å²) in [4.78, 5) is 16.8. The molecule has 1 aromatic carbocycles. The van der Waals surface area contributed by atoms with Crippen LogP contribution in [-0.2, 0) is 9.57 Å². The largest absolute Gasteiger partial charge is 0.466 e.